The van der Waals surface area contributed by atoms with Gasteiger partial charge in [0, 0.05) is 32.9 Å². The van der Waals surface area contributed by atoms with Gasteiger partial charge in [-0.1, -0.05) is 29.8 Å². The van der Waals surface area contributed by atoms with Crippen molar-refractivity contribution >= 4 is 45.3 Å². The predicted molar refractivity (Wildman–Crippen MR) is 123 cm³/mol. The minimum Gasteiger partial charge on any atom is -0.490 e. The normalized spacial score (nSPS) is 10.8. The van der Waals surface area contributed by atoms with E-state index in [1.54, 1.807) is 18.2 Å². The van der Waals surface area contributed by atoms with E-state index in [1.807, 2.05) is 25.1 Å². The Morgan fingerprint density at radius 3 is 2.74 bits per heavy atom. The van der Waals surface area contributed by atoms with E-state index in [9.17, 15) is 10.1 Å². The lowest BCUT2D eigenvalue weighted by atomic mass is 10.2. The molecule has 3 aromatic rings. The van der Waals surface area contributed by atoms with Crippen LogP contribution in [0.1, 0.15) is 18.1 Å². The van der Waals surface area contributed by atoms with Crippen molar-refractivity contribution < 1.29 is 14.4 Å². The van der Waals surface area contributed by atoms with E-state index in [2.05, 4.69) is 31.4 Å². The van der Waals surface area contributed by atoms with Gasteiger partial charge in [-0.3, -0.25) is 15.5 Å². The first kappa shape index (κ1) is 22.5. The lowest BCUT2D eigenvalue weighted by molar-refractivity contribution is -0.384. The molecule has 0 spiro atoms. The minimum absolute atomic E-state index is 0.0459. The SMILES string of the molecule is CCOc1cc(/C=N\Nc2ncccc2[N+](=O)[O-])c(Br)cc1OCc1ccccc1Cl. The number of anilines is 1. The summed E-state index contributed by atoms with van der Waals surface area (Å²) >= 11 is 9.69. The van der Waals surface area contributed by atoms with Crippen LogP contribution in [0.5, 0.6) is 11.5 Å². The molecule has 0 fully saturated rings. The molecule has 0 unspecified atom stereocenters. The van der Waals surface area contributed by atoms with Gasteiger partial charge in [0.2, 0.25) is 5.82 Å². The Hall–Kier alpha value is -3.17. The number of halogens is 2. The molecule has 1 aromatic heterocycles. The van der Waals surface area contributed by atoms with Gasteiger partial charge in [-0.25, -0.2) is 4.98 Å². The Labute approximate surface area is 192 Å². The second-order valence-electron chi connectivity index (χ2n) is 6.13. The van der Waals surface area contributed by atoms with Crippen molar-refractivity contribution in [3.05, 3.63) is 85.5 Å². The van der Waals surface area contributed by atoms with E-state index in [0.29, 0.717) is 33.2 Å². The van der Waals surface area contributed by atoms with Crippen molar-refractivity contribution in [1.82, 2.24) is 4.98 Å². The first-order valence-corrected chi connectivity index (χ1v) is 10.4. The largest absolute Gasteiger partial charge is 0.490 e. The molecule has 0 aliphatic carbocycles. The molecule has 160 valence electrons. The van der Waals surface area contributed by atoms with Gasteiger partial charge in [-0.15, -0.1) is 0 Å². The van der Waals surface area contributed by atoms with E-state index in [1.165, 1.54) is 24.5 Å². The summed E-state index contributed by atoms with van der Waals surface area (Å²) in [5.74, 6) is 1.12. The molecule has 31 heavy (non-hydrogen) atoms. The quantitative estimate of drug-likeness (QED) is 0.223. The van der Waals surface area contributed by atoms with Gasteiger partial charge >= 0.3 is 5.69 Å². The monoisotopic (exact) mass is 504 g/mol. The molecule has 0 aliphatic rings. The van der Waals surface area contributed by atoms with E-state index in [0.717, 1.165) is 5.56 Å². The van der Waals surface area contributed by atoms with Crippen LogP contribution in [0.25, 0.3) is 0 Å². The Morgan fingerprint density at radius 1 is 1.23 bits per heavy atom. The van der Waals surface area contributed by atoms with E-state index in [-0.39, 0.29) is 18.1 Å². The van der Waals surface area contributed by atoms with Crippen LogP contribution in [0.15, 0.2) is 64.3 Å². The number of nitro groups is 1. The summed E-state index contributed by atoms with van der Waals surface area (Å²) in [6, 6.07) is 13.8. The molecular weight excluding hydrogens is 488 g/mol. The number of aromatic nitrogens is 1. The summed E-state index contributed by atoms with van der Waals surface area (Å²) in [7, 11) is 0. The molecule has 1 N–H and O–H groups in total. The molecule has 0 bridgehead atoms. The zero-order valence-corrected chi connectivity index (χ0v) is 18.8. The highest BCUT2D eigenvalue weighted by Gasteiger charge is 2.14. The highest BCUT2D eigenvalue weighted by molar-refractivity contribution is 9.10. The number of benzene rings is 2. The fourth-order valence-corrected chi connectivity index (χ4v) is 3.21. The first-order valence-electron chi connectivity index (χ1n) is 9.20. The van der Waals surface area contributed by atoms with Crippen LogP contribution in [-0.4, -0.2) is 22.7 Å². The third kappa shape index (κ3) is 5.93. The molecule has 10 heteroatoms. The number of hydrogen-bond donors (Lipinski definition) is 1. The van der Waals surface area contributed by atoms with Crippen LogP contribution >= 0.6 is 27.5 Å². The number of hydrogen-bond acceptors (Lipinski definition) is 7. The van der Waals surface area contributed by atoms with Crippen LogP contribution in [-0.2, 0) is 6.61 Å². The van der Waals surface area contributed by atoms with Gasteiger partial charge in [0.25, 0.3) is 0 Å². The maximum Gasteiger partial charge on any atom is 0.313 e. The van der Waals surface area contributed by atoms with Crippen molar-refractivity contribution in [2.75, 3.05) is 12.0 Å². The van der Waals surface area contributed by atoms with Gasteiger partial charge in [-0.2, -0.15) is 5.10 Å². The summed E-state index contributed by atoms with van der Waals surface area (Å²) in [4.78, 5) is 14.5. The number of rotatable bonds is 9. The lowest BCUT2D eigenvalue weighted by Gasteiger charge is -2.14. The summed E-state index contributed by atoms with van der Waals surface area (Å²) in [5.41, 5.74) is 3.97. The minimum atomic E-state index is -0.529. The van der Waals surface area contributed by atoms with Crippen LogP contribution in [0.3, 0.4) is 0 Å². The third-order valence-electron chi connectivity index (χ3n) is 4.06. The summed E-state index contributed by atoms with van der Waals surface area (Å²) in [5, 5.41) is 15.8. The Morgan fingerprint density at radius 2 is 2.00 bits per heavy atom. The highest BCUT2D eigenvalue weighted by Crippen LogP contribution is 2.34. The number of pyridine rings is 1. The van der Waals surface area contributed by atoms with E-state index < -0.39 is 4.92 Å². The molecule has 0 amide bonds. The first-order chi connectivity index (χ1) is 15.0. The maximum atomic E-state index is 11.1. The van der Waals surface area contributed by atoms with Crippen molar-refractivity contribution in [2.24, 2.45) is 5.10 Å². The van der Waals surface area contributed by atoms with Gasteiger partial charge < -0.3 is 9.47 Å². The number of hydrazone groups is 1. The molecule has 8 nitrogen and oxygen atoms in total. The van der Waals surface area contributed by atoms with Gasteiger partial charge in [0.1, 0.15) is 6.61 Å². The van der Waals surface area contributed by atoms with Gasteiger partial charge in [0.15, 0.2) is 11.5 Å². The fraction of sp³-hybridized carbons (Fsp3) is 0.143. The Balaban J connectivity index is 1.79. The zero-order chi connectivity index (χ0) is 22.2. The smallest absolute Gasteiger partial charge is 0.313 e. The van der Waals surface area contributed by atoms with Crippen molar-refractivity contribution in [2.45, 2.75) is 13.5 Å². The molecular formula is C21H18BrClN4O4. The van der Waals surface area contributed by atoms with Crippen LogP contribution in [0.4, 0.5) is 11.5 Å². The molecule has 0 atom stereocenters. The average Bonchev–Trinajstić information content (AvgIpc) is 2.76. The van der Waals surface area contributed by atoms with E-state index >= 15 is 0 Å². The molecule has 0 saturated heterocycles. The molecule has 0 radical (unpaired) electrons. The van der Waals surface area contributed by atoms with E-state index in [4.69, 9.17) is 21.1 Å². The number of ether oxygens (including phenoxy) is 2. The van der Waals surface area contributed by atoms with Crippen LogP contribution < -0.4 is 14.9 Å². The van der Waals surface area contributed by atoms with Crippen LogP contribution in [0.2, 0.25) is 5.02 Å². The van der Waals surface area contributed by atoms with Gasteiger partial charge in [-0.05, 0) is 47.1 Å². The second-order valence-corrected chi connectivity index (χ2v) is 7.39. The standard InChI is InChI=1S/C21H18BrClN4O4/c1-2-30-19-10-15(12-25-26-21-18(27(28)29)8-5-9-24-21)16(22)11-20(19)31-13-14-6-3-4-7-17(14)23/h3-12H,2,13H2,1H3,(H,24,26)/b25-12-. The van der Waals surface area contributed by atoms with Crippen molar-refractivity contribution in [3.8, 4) is 11.5 Å². The molecule has 3 rings (SSSR count). The lowest BCUT2D eigenvalue weighted by Crippen LogP contribution is -2.02. The summed E-state index contributed by atoms with van der Waals surface area (Å²) in [6.45, 7) is 2.60. The summed E-state index contributed by atoms with van der Waals surface area (Å²) in [6.07, 6.45) is 2.95. The highest BCUT2D eigenvalue weighted by atomic mass is 79.9. The third-order valence-corrected chi connectivity index (χ3v) is 5.12. The zero-order valence-electron chi connectivity index (χ0n) is 16.4. The predicted octanol–water partition coefficient (Wildman–Crippen LogP) is 5.83. The molecule has 0 aliphatic heterocycles. The van der Waals surface area contributed by atoms with Crippen molar-refractivity contribution in [1.29, 1.82) is 0 Å². The number of nitrogens with zero attached hydrogens (tertiary/aromatic N) is 3. The Kier molecular flexibility index (Phi) is 7.80. The number of nitrogens with one attached hydrogen (secondary N) is 1. The average molecular weight is 506 g/mol. The maximum absolute atomic E-state index is 11.1. The van der Waals surface area contributed by atoms with Crippen molar-refractivity contribution in [3.63, 3.8) is 0 Å². The molecule has 0 saturated carbocycles. The fourth-order valence-electron chi connectivity index (χ4n) is 2.60. The molecule has 1 heterocycles. The summed E-state index contributed by atoms with van der Waals surface area (Å²) < 4.78 is 12.3. The molecule has 2 aromatic carbocycles. The Bertz CT molecular complexity index is 1110. The second kappa shape index (κ2) is 10.7. The van der Waals surface area contributed by atoms with Gasteiger partial charge in [0.05, 0.1) is 17.7 Å². The topological polar surface area (TPSA) is 98.9 Å². The van der Waals surface area contributed by atoms with Crippen LogP contribution in [0, 0.1) is 10.1 Å².